The lowest BCUT2D eigenvalue weighted by Gasteiger charge is -2.11. The summed E-state index contributed by atoms with van der Waals surface area (Å²) in [6.07, 6.45) is 0.0358. The predicted octanol–water partition coefficient (Wildman–Crippen LogP) is 3.09. The second-order valence-corrected chi connectivity index (χ2v) is 4.00. The zero-order valence-corrected chi connectivity index (χ0v) is 9.01. The van der Waals surface area contributed by atoms with Crippen LogP contribution in [0.4, 0.5) is 0 Å². The number of rotatable bonds is 3. The highest BCUT2D eigenvalue weighted by Gasteiger charge is 2.09. The summed E-state index contributed by atoms with van der Waals surface area (Å²) >= 11 is 5.81. The summed E-state index contributed by atoms with van der Waals surface area (Å²) in [5, 5.41) is 9.31. The zero-order valence-electron chi connectivity index (χ0n) is 8.25. The van der Waals surface area contributed by atoms with Crippen LogP contribution in [0.5, 0.6) is 0 Å². The Balaban J connectivity index is 3.09. The molecule has 0 heterocycles. The van der Waals surface area contributed by atoms with Crippen LogP contribution in [0.15, 0.2) is 18.2 Å². The van der Waals surface area contributed by atoms with Crippen LogP contribution in [0.2, 0.25) is 5.02 Å². The molecule has 0 unspecified atom stereocenters. The average Bonchev–Trinajstić information content (AvgIpc) is 2.01. The highest BCUT2D eigenvalue weighted by atomic mass is 35.5. The van der Waals surface area contributed by atoms with Crippen LogP contribution in [0.25, 0.3) is 0 Å². The topological polar surface area (TPSA) is 37.3 Å². The third kappa shape index (κ3) is 2.74. The third-order valence-electron chi connectivity index (χ3n) is 2.07. The quantitative estimate of drug-likeness (QED) is 0.836. The van der Waals surface area contributed by atoms with E-state index in [1.54, 1.807) is 12.1 Å². The minimum absolute atomic E-state index is 0.0358. The van der Waals surface area contributed by atoms with Gasteiger partial charge in [-0.25, -0.2) is 0 Å². The molecule has 0 radical (unpaired) electrons. The van der Waals surface area contributed by atoms with Crippen molar-refractivity contribution in [1.82, 2.24) is 0 Å². The molecule has 0 saturated carbocycles. The molecule has 0 aliphatic heterocycles. The Morgan fingerprint density at radius 3 is 2.64 bits per heavy atom. The highest BCUT2D eigenvalue weighted by Crippen LogP contribution is 2.23. The minimum Gasteiger partial charge on any atom is -0.481 e. The van der Waals surface area contributed by atoms with Gasteiger partial charge in [0.15, 0.2) is 0 Å². The van der Waals surface area contributed by atoms with E-state index in [1.807, 2.05) is 19.9 Å². The number of halogens is 1. The lowest BCUT2D eigenvalue weighted by atomic mass is 9.95. The Kier molecular flexibility index (Phi) is 3.53. The van der Waals surface area contributed by atoms with E-state index in [9.17, 15) is 4.79 Å². The van der Waals surface area contributed by atoms with Crippen molar-refractivity contribution in [1.29, 1.82) is 0 Å². The molecular weight excluding hydrogens is 200 g/mol. The van der Waals surface area contributed by atoms with Crippen molar-refractivity contribution in [2.75, 3.05) is 0 Å². The molecule has 1 N–H and O–H groups in total. The van der Waals surface area contributed by atoms with E-state index in [0.29, 0.717) is 10.9 Å². The molecule has 0 bridgehead atoms. The summed E-state index contributed by atoms with van der Waals surface area (Å²) in [6.45, 7) is 4.07. The number of carbonyl (C=O) groups is 1. The molecule has 0 fully saturated rings. The third-order valence-corrected chi connectivity index (χ3v) is 2.30. The fourth-order valence-corrected chi connectivity index (χ4v) is 1.65. The van der Waals surface area contributed by atoms with Gasteiger partial charge >= 0.3 is 5.97 Å². The summed E-state index contributed by atoms with van der Waals surface area (Å²) < 4.78 is 0. The Morgan fingerprint density at radius 2 is 2.14 bits per heavy atom. The Bertz CT molecular complexity index is 345. The molecule has 3 heteroatoms. The van der Waals surface area contributed by atoms with E-state index in [-0.39, 0.29) is 6.42 Å². The molecule has 14 heavy (non-hydrogen) atoms. The Hall–Kier alpha value is -1.02. The van der Waals surface area contributed by atoms with Gasteiger partial charge in [-0.1, -0.05) is 31.5 Å². The van der Waals surface area contributed by atoms with Crippen LogP contribution < -0.4 is 0 Å². The Morgan fingerprint density at radius 1 is 1.50 bits per heavy atom. The zero-order chi connectivity index (χ0) is 10.7. The largest absolute Gasteiger partial charge is 0.481 e. The number of aliphatic carboxylic acids is 1. The van der Waals surface area contributed by atoms with Gasteiger partial charge in [-0.15, -0.1) is 0 Å². The molecular formula is C11H13ClO2. The van der Waals surface area contributed by atoms with Crippen LogP contribution in [-0.2, 0) is 11.2 Å². The summed E-state index contributed by atoms with van der Waals surface area (Å²) in [6, 6.07) is 5.42. The maximum atomic E-state index is 10.6. The van der Waals surface area contributed by atoms with Crippen LogP contribution in [0.1, 0.15) is 30.9 Å². The Labute approximate surface area is 88.5 Å². The average molecular weight is 213 g/mol. The predicted molar refractivity (Wildman–Crippen MR) is 56.9 cm³/mol. The lowest BCUT2D eigenvalue weighted by Crippen LogP contribution is -2.04. The molecule has 2 nitrogen and oxygen atoms in total. The fourth-order valence-electron chi connectivity index (χ4n) is 1.45. The van der Waals surface area contributed by atoms with Crippen molar-refractivity contribution >= 4 is 17.6 Å². The maximum absolute atomic E-state index is 10.6. The van der Waals surface area contributed by atoms with E-state index < -0.39 is 5.97 Å². The SMILES string of the molecule is CC(C)c1ccc(Cl)cc1CC(=O)O. The van der Waals surface area contributed by atoms with Gasteiger partial charge in [0.1, 0.15) is 0 Å². The first kappa shape index (κ1) is 11.1. The van der Waals surface area contributed by atoms with Gasteiger partial charge in [0.05, 0.1) is 6.42 Å². The molecule has 0 saturated heterocycles. The summed E-state index contributed by atoms with van der Waals surface area (Å²) in [5.74, 6) is -0.504. The molecule has 0 aliphatic carbocycles. The molecule has 0 atom stereocenters. The highest BCUT2D eigenvalue weighted by molar-refractivity contribution is 6.30. The lowest BCUT2D eigenvalue weighted by molar-refractivity contribution is -0.136. The molecule has 76 valence electrons. The number of benzene rings is 1. The standard InChI is InChI=1S/C11H13ClO2/c1-7(2)10-4-3-9(12)5-8(10)6-11(13)14/h3-5,7H,6H2,1-2H3,(H,13,14). The normalized spacial score (nSPS) is 10.6. The number of hydrogen-bond acceptors (Lipinski definition) is 1. The smallest absolute Gasteiger partial charge is 0.307 e. The first-order chi connectivity index (χ1) is 6.50. The van der Waals surface area contributed by atoms with E-state index in [1.165, 1.54) is 0 Å². The monoisotopic (exact) mass is 212 g/mol. The van der Waals surface area contributed by atoms with E-state index >= 15 is 0 Å². The van der Waals surface area contributed by atoms with Crippen molar-refractivity contribution in [2.45, 2.75) is 26.2 Å². The van der Waals surface area contributed by atoms with Crippen LogP contribution >= 0.6 is 11.6 Å². The van der Waals surface area contributed by atoms with Crippen LogP contribution in [0, 0.1) is 0 Å². The van der Waals surface area contributed by atoms with Gasteiger partial charge in [-0.2, -0.15) is 0 Å². The summed E-state index contributed by atoms with van der Waals surface area (Å²) in [7, 11) is 0. The molecule has 0 aromatic heterocycles. The summed E-state index contributed by atoms with van der Waals surface area (Å²) in [5.41, 5.74) is 1.86. The molecule has 0 spiro atoms. The fraction of sp³-hybridized carbons (Fsp3) is 0.364. The van der Waals surface area contributed by atoms with Crippen molar-refractivity contribution in [3.63, 3.8) is 0 Å². The van der Waals surface area contributed by atoms with Crippen molar-refractivity contribution in [2.24, 2.45) is 0 Å². The number of hydrogen-bond donors (Lipinski definition) is 1. The number of carboxylic acid groups (broad SMARTS) is 1. The first-order valence-electron chi connectivity index (χ1n) is 4.51. The van der Waals surface area contributed by atoms with Crippen molar-refractivity contribution in [3.8, 4) is 0 Å². The second kappa shape index (κ2) is 4.47. The molecule has 1 aromatic carbocycles. The first-order valence-corrected chi connectivity index (χ1v) is 4.88. The van der Waals surface area contributed by atoms with Crippen LogP contribution in [0.3, 0.4) is 0 Å². The van der Waals surface area contributed by atoms with Gasteiger partial charge in [0.25, 0.3) is 0 Å². The van der Waals surface area contributed by atoms with Crippen molar-refractivity contribution < 1.29 is 9.90 Å². The van der Waals surface area contributed by atoms with E-state index in [4.69, 9.17) is 16.7 Å². The van der Waals surface area contributed by atoms with E-state index in [0.717, 1.165) is 11.1 Å². The molecule has 0 aliphatic rings. The van der Waals surface area contributed by atoms with Gasteiger partial charge in [-0.05, 0) is 29.2 Å². The minimum atomic E-state index is -0.825. The molecule has 1 aromatic rings. The van der Waals surface area contributed by atoms with Crippen molar-refractivity contribution in [3.05, 3.63) is 34.3 Å². The maximum Gasteiger partial charge on any atom is 0.307 e. The van der Waals surface area contributed by atoms with Gasteiger partial charge in [0.2, 0.25) is 0 Å². The summed E-state index contributed by atoms with van der Waals surface area (Å²) in [4.78, 5) is 10.6. The van der Waals surface area contributed by atoms with Crippen LogP contribution in [-0.4, -0.2) is 11.1 Å². The van der Waals surface area contributed by atoms with Gasteiger partial charge in [-0.3, -0.25) is 4.79 Å². The second-order valence-electron chi connectivity index (χ2n) is 3.57. The van der Waals surface area contributed by atoms with Gasteiger partial charge in [0, 0.05) is 5.02 Å². The van der Waals surface area contributed by atoms with Gasteiger partial charge < -0.3 is 5.11 Å². The number of carboxylic acids is 1. The van der Waals surface area contributed by atoms with E-state index in [2.05, 4.69) is 0 Å². The molecule has 1 rings (SSSR count). The molecule has 0 amide bonds.